The molecule has 2 unspecified atom stereocenters. The third-order valence-corrected chi connectivity index (χ3v) is 8.63. The number of amides is 2. The first-order valence-electron chi connectivity index (χ1n) is 12.4. The summed E-state index contributed by atoms with van der Waals surface area (Å²) in [5.41, 5.74) is 0.138. The number of nitrogens with two attached hydrogens (primary N) is 1. The van der Waals surface area contributed by atoms with Gasteiger partial charge in [0.05, 0.1) is 17.4 Å². The molecule has 0 saturated carbocycles. The number of rotatable bonds is 11. The Bertz CT molecular complexity index is 1150. The second-order valence-corrected chi connectivity index (χ2v) is 11.7. The fraction of sp³-hybridized carbons (Fsp3) is 0.481. The molecule has 2 N–H and O–H groups in total. The molecule has 3 rings (SSSR count). The van der Waals surface area contributed by atoms with E-state index in [4.69, 9.17) is 10.6 Å². The molecule has 1 aliphatic rings. The highest BCUT2D eigenvalue weighted by atomic mass is 32.2. The molecule has 9 heteroatoms. The lowest BCUT2D eigenvalue weighted by atomic mass is 9.68. The lowest BCUT2D eigenvalue weighted by molar-refractivity contribution is -0.143. The molecule has 0 radical (unpaired) electrons. The first-order valence-corrected chi connectivity index (χ1v) is 13.8. The molecule has 2 amide bonds. The SMILES string of the molecule is CCC1CN(CCc2ccccc2)C(=O)C1(CC(=O)N(N)S(=O)(=O)c1ccc(OC)cc1)CC(C)C. The van der Waals surface area contributed by atoms with E-state index in [2.05, 4.69) is 0 Å². The number of sulfonamides is 1. The van der Waals surface area contributed by atoms with Crippen molar-refractivity contribution in [2.75, 3.05) is 20.2 Å². The molecule has 36 heavy (non-hydrogen) atoms. The molecule has 0 spiro atoms. The first-order chi connectivity index (χ1) is 17.0. The molecule has 0 bridgehead atoms. The zero-order valence-corrected chi connectivity index (χ0v) is 22.3. The maximum absolute atomic E-state index is 13.9. The Kier molecular flexibility index (Phi) is 8.79. The van der Waals surface area contributed by atoms with Crippen molar-refractivity contribution in [3.8, 4) is 5.75 Å². The molecule has 1 fully saturated rings. The van der Waals surface area contributed by atoms with Crippen molar-refractivity contribution < 1.29 is 22.7 Å². The van der Waals surface area contributed by atoms with Gasteiger partial charge in [-0.1, -0.05) is 57.5 Å². The Morgan fingerprint density at radius 2 is 1.81 bits per heavy atom. The van der Waals surface area contributed by atoms with Crippen LogP contribution in [-0.2, 0) is 26.0 Å². The highest BCUT2D eigenvalue weighted by Gasteiger charge is 2.54. The van der Waals surface area contributed by atoms with Gasteiger partial charge in [-0.05, 0) is 54.5 Å². The van der Waals surface area contributed by atoms with E-state index in [0.29, 0.717) is 42.5 Å². The van der Waals surface area contributed by atoms with Gasteiger partial charge >= 0.3 is 0 Å². The Hall–Kier alpha value is -2.91. The van der Waals surface area contributed by atoms with Crippen molar-refractivity contribution >= 4 is 21.8 Å². The van der Waals surface area contributed by atoms with Gasteiger partial charge < -0.3 is 9.64 Å². The van der Waals surface area contributed by atoms with Gasteiger partial charge in [-0.25, -0.2) is 5.84 Å². The normalized spacial score (nSPS) is 20.1. The Labute approximate surface area is 214 Å². The number of hydrogen-bond acceptors (Lipinski definition) is 6. The van der Waals surface area contributed by atoms with Crippen LogP contribution < -0.4 is 10.6 Å². The molecule has 2 atom stereocenters. The predicted molar refractivity (Wildman–Crippen MR) is 138 cm³/mol. The van der Waals surface area contributed by atoms with E-state index in [1.54, 1.807) is 0 Å². The minimum atomic E-state index is -4.28. The topological polar surface area (TPSA) is 110 Å². The molecule has 1 heterocycles. The molecule has 2 aromatic carbocycles. The zero-order valence-electron chi connectivity index (χ0n) is 21.5. The van der Waals surface area contributed by atoms with Gasteiger partial charge in [-0.3, -0.25) is 9.59 Å². The van der Waals surface area contributed by atoms with E-state index in [1.165, 1.54) is 31.4 Å². The number of hydrogen-bond donors (Lipinski definition) is 1. The van der Waals surface area contributed by atoms with Gasteiger partial charge in [0, 0.05) is 19.5 Å². The minimum absolute atomic E-state index is 0.0794. The summed E-state index contributed by atoms with van der Waals surface area (Å²) in [6.45, 7) is 7.11. The maximum atomic E-state index is 13.9. The highest BCUT2D eigenvalue weighted by Crippen LogP contribution is 2.47. The number of carbonyl (C=O) groups is 2. The van der Waals surface area contributed by atoms with Crippen molar-refractivity contribution in [3.05, 3.63) is 60.2 Å². The van der Waals surface area contributed by atoms with Crippen molar-refractivity contribution in [3.63, 3.8) is 0 Å². The summed E-state index contributed by atoms with van der Waals surface area (Å²) in [6, 6.07) is 15.6. The van der Waals surface area contributed by atoms with Crippen molar-refractivity contribution in [2.24, 2.45) is 23.1 Å². The smallest absolute Gasteiger partial charge is 0.280 e. The number of likely N-dealkylation sites (tertiary alicyclic amines) is 1. The van der Waals surface area contributed by atoms with E-state index in [9.17, 15) is 18.0 Å². The van der Waals surface area contributed by atoms with Crippen LogP contribution in [-0.4, -0.2) is 49.7 Å². The summed E-state index contributed by atoms with van der Waals surface area (Å²) >= 11 is 0. The predicted octanol–water partition coefficient (Wildman–Crippen LogP) is 3.62. The van der Waals surface area contributed by atoms with Crippen LogP contribution in [0.5, 0.6) is 5.75 Å². The number of carbonyl (C=O) groups excluding carboxylic acids is 2. The average molecular weight is 516 g/mol. The first kappa shape index (κ1) is 27.7. The number of ether oxygens (including phenoxy) is 1. The van der Waals surface area contributed by atoms with Crippen LogP contribution in [0.4, 0.5) is 0 Å². The van der Waals surface area contributed by atoms with E-state index < -0.39 is 21.3 Å². The van der Waals surface area contributed by atoms with E-state index in [-0.39, 0.29) is 29.1 Å². The maximum Gasteiger partial charge on any atom is 0.280 e. The van der Waals surface area contributed by atoms with Crippen molar-refractivity contribution in [2.45, 2.75) is 51.3 Å². The lowest BCUT2D eigenvalue weighted by Crippen LogP contribution is -2.48. The zero-order chi connectivity index (χ0) is 26.5. The van der Waals surface area contributed by atoms with Gasteiger partial charge in [0.1, 0.15) is 5.75 Å². The third kappa shape index (κ3) is 5.73. The van der Waals surface area contributed by atoms with E-state index in [1.807, 2.05) is 56.0 Å². The van der Waals surface area contributed by atoms with E-state index >= 15 is 0 Å². The largest absolute Gasteiger partial charge is 0.497 e. The molecule has 0 aromatic heterocycles. The summed E-state index contributed by atoms with van der Waals surface area (Å²) in [5.74, 6) is 5.56. The second kappa shape index (κ2) is 11.4. The Morgan fingerprint density at radius 1 is 1.17 bits per heavy atom. The van der Waals surface area contributed by atoms with Crippen LogP contribution in [0.1, 0.15) is 45.6 Å². The van der Waals surface area contributed by atoms with E-state index in [0.717, 1.165) is 5.56 Å². The number of nitrogens with zero attached hydrogens (tertiary/aromatic N) is 2. The van der Waals surface area contributed by atoms with Gasteiger partial charge in [-0.15, -0.1) is 0 Å². The minimum Gasteiger partial charge on any atom is -0.497 e. The molecule has 1 saturated heterocycles. The molecule has 2 aromatic rings. The molecular weight excluding hydrogens is 478 g/mol. The summed E-state index contributed by atoms with van der Waals surface area (Å²) < 4.78 is 31.5. The Morgan fingerprint density at radius 3 is 2.36 bits per heavy atom. The summed E-state index contributed by atoms with van der Waals surface area (Å²) in [5, 5.41) is 0. The molecule has 1 aliphatic heterocycles. The number of hydrazine groups is 1. The quantitative estimate of drug-likeness (QED) is 0.278. The lowest BCUT2D eigenvalue weighted by Gasteiger charge is -2.34. The summed E-state index contributed by atoms with van der Waals surface area (Å²) in [6.07, 6.45) is 1.64. The van der Waals surface area contributed by atoms with Gasteiger partial charge in [0.2, 0.25) is 5.91 Å². The van der Waals surface area contributed by atoms with Gasteiger partial charge in [0.25, 0.3) is 15.9 Å². The fourth-order valence-electron chi connectivity index (χ4n) is 5.25. The molecular formula is C27H37N3O5S. The standard InChI is InChI=1S/C27H37N3O5S/c1-5-22-19-29(16-15-21-9-7-6-8-10-21)26(32)27(22,17-20(2)3)18-25(31)30(28)36(33,34)24-13-11-23(35-4)12-14-24/h6-14,20,22H,5,15-19,28H2,1-4H3. The van der Waals surface area contributed by atoms with Crippen molar-refractivity contribution in [1.82, 2.24) is 9.31 Å². The summed E-state index contributed by atoms with van der Waals surface area (Å²) in [7, 11) is -2.81. The van der Waals surface area contributed by atoms with Crippen LogP contribution in [0.25, 0.3) is 0 Å². The van der Waals surface area contributed by atoms with Crippen molar-refractivity contribution in [1.29, 1.82) is 0 Å². The van der Waals surface area contributed by atoms with Crippen LogP contribution >= 0.6 is 0 Å². The monoisotopic (exact) mass is 515 g/mol. The highest BCUT2D eigenvalue weighted by molar-refractivity contribution is 7.89. The van der Waals surface area contributed by atoms with Gasteiger partial charge in [-0.2, -0.15) is 12.8 Å². The Balaban J connectivity index is 1.85. The van der Waals surface area contributed by atoms with Crippen LogP contribution in [0, 0.1) is 17.3 Å². The number of methoxy groups -OCH3 is 1. The molecule has 8 nitrogen and oxygen atoms in total. The third-order valence-electron chi connectivity index (χ3n) is 7.04. The second-order valence-electron chi connectivity index (χ2n) is 9.89. The molecule has 0 aliphatic carbocycles. The summed E-state index contributed by atoms with van der Waals surface area (Å²) in [4.78, 5) is 28.9. The van der Waals surface area contributed by atoms with Crippen LogP contribution in [0.2, 0.25) is 0 Å². The fourth-order valence-corrected chi connectivity index (χ4v) is 6.29. The number of benzene rings is 2. The van der Waals surface area contributed by atoms with Gasteiger partial charge in [0.15, 0.2) is 0 Å². The van der Waals surface area contributed by atoms with Crippen LogP contribution in [0.15, 0.2) is 59.5 Å². The van der Waals surface area contributed by atoms with Crippen LogP contribution in [0.3, 0.4) is 0 Å². The molecule has 196 valence electrons. The average Bonchev–Trinajstić information content (AvgIpc) is 3.12.